The standard InChI is InChI=1S/C19H14ClN5O4/c20-13-7-5-12(6-8-13)17-21-23-25(22-17)11-16(26)29-10-9-24-18(27)14-3-1-2-4-15(14)19(24)28/h1-8H,9-11H2. The van der Waals surface area contributed by atoms with Crippen LogP contribution in [0.5, 0.6) is 0 Å². The number of carbonyl (C=O) groups is 3. The van der Waals surface area contributed by atoms with Gasteiger partial charge in [-0.15, -0.1) is 10.2 Å². The van der Waals surface area contributed by atoms with Gasteiger partial charge in [0.1, 0.15) is 6.61 Å². The maximum atomic E-state index is 12.3. The molecule has 9 nitrogen and oxygen atoms in total. The molecule has 1 aliphatic rings. The van der Waals surface area contributed by atoms with Gasteiger partial charge < -0.3 is 4.74 Å². The second-order valence-electron chi connectivity index (χ2n) is 6.18. The monoisotopic (exact) mass is 411 g/mol. The Morgan fingerprint density at radius 2 is 1.66 bits per heavy atom. The lowest BCUT2D eigenvalue weighted by molar-refractivity contribution is -0.145. The van der Waals surface area contributed by atoms with E-state index in [1.165, 1.54) is 0 Å². The van der Waals surface area contributed by atoms with Crippen molar-refractivity contribution < 1.29 is 19.1 Å². The van der Waals surface area contributed by atoms with Gasteiger partial charge in [0.05, 0.1) is 17.7 Å². The molecule has 2 aromatic carbocycles. The number of benzene rings is 2. The van der Waals surface area contributed by atoms with Gasteiger partial charge in [-0.2, -0.15) is 4.80 Å². The van der Waals surface area contributed by atoms with Crippen LogP contribution in [0, 0.1) is 0 Å². The van der Waals surface area contributed by atoms with E-state index in [1.807, 2.05) is 0 Å². The Hall–Kier alpha value is -3.59. The van der Waals surface area contributed by atoms with Crippen molar-refractivity contribution >= 4 is 29.4 Å². The molecule has 0 fully saturated rings. The largest absolute Gasteiger partial charge is 0.462 e. The molecule has 4 rings (SSSR count). The lowest BCUT2D eigenvalue weighted by Gasteiger charge is -2.13. The summed E-state index contributed by atoms with van der Waals surface area (Å²) >= 11 is 5.84. The van der Waals surface area contributed by atoms with Crippen LogP contribution in [0.25, 0.3) is 11.4 Å². The van der Waals surface area contributed by atoms with Crippen molar-refractivity contribution in [2.75, 3.05) is 13.2 Å². The second kappa shape index (κ2) is 7.80. The lowest BCUT2D eigenvalue weighted by Crippen LogP contribution is -2.33. The molecule has 0 bridgehead atoms. The van der Waals surface area contributed by atoms with Gasteiger partial charge in [-0.05, 0) is 41.6 Å². The maximum absolute atomic E-state index is 12.3. The molecule has 2 heterocycles. The normalized spacial score (nSPS) is 12.9. The highest BCUT2D eigenvalue weighted by atomic mass is 35.5. The van der Waals surface area contributed by atoms with Gasteiger partial charge >= 0.3 is 5.97 Å². The molecule has 1 aromatic heterocycles. The highest BCUT2D eigenvalue weighted by Crippen LogP contribution is 2.22. The molecule has 0 spiro atoms. The van der Waals surface area contributed by atoms with Gasteiger partial charge in [0.15, 0.2) is 6.54 Å². The summed E-state index contributed by atoms with van der Waals surface area (Å²) in [5, 5.41) is 12.4. The number of hydrogen-bond donors (Lipinski definition) is 0. The predicted octanol–water partition coefficient (Wildman–Crippen LogP) is 1.83. The number of hydrogen-bond acceptors (Lipinski definition) is 7. The molecule has 1 aliphatic heterocycles. The minimum Gasteiger partial charge on any atom is -0.462 e. The van der Waals surface area contributed by atoms with Gasteiger partial charge in [0.25, 0.3) is 11.8 Å². The van der Waals surface area contributed by atoms with Gasteiger partial charge in [0.2, 0.25) is 5.82 Å². The van der Waals surface area contributed by atoms with E-state index in [2.05, 4.69) is 15.4 Å². The summed E-state index contributed by atoms with van der Waals surface area (Å²) in [4.78, 5) is 38.7. The predicted molar refractivity (Wildman–Crippen MR) is 101 cm³/mol. The van der Waals surface area contributed by atoms with E-state index in [9.17, 15) is 14.4 Å². The Kier molecular flexibility index (Phi) is 5.05. The maximum Gasteiger partial charge on any atom is 0.329 e. The minimum atomic E-state index is -0.610. The second-order valence-corrected chi connectivity index (χ2v) is 6.61. The topological polar surface area (TPSA) is 107 Å². The van der Waals surface area contributed by atoms with E-state index in [1.54, 1.807) is 48.5 Å². The number of esters is 1. The summed E-state index contributed by atoms with van der Waals surface area (Å²) in [6.45, 7) is -0.398. The highest BCUT2D eigenvalue weighted by Gasteiger charge is 2.34. The fourth-order valence-electron chi connectivity index (χ4n) is 2.88. The van der Waals surface area contributed by atoms with Crippen molar-refractivity contribution in [2.45, 2.75) is 6.54 Å². The third-order valence-electron chi connectivity index (χ3n) is 4.28. The van der Waals surface area contributed by atoms with Crippen LogP contribution in [-0.2, 0) is 16.1 Å². The van der Waals surface area contributed by atoms with Crippen LogP contribution in [0.1, 0.15) is 20.7 Å². The zero-order valence-electron chi connectivity index (χ0n) is 15.0. The van der Waals surface area contributed by atoms with Crippen LogP contribution in [0.2, 0.25) is 5.02 Å². The van der Waals surface area contributed by atoms with Crippen LogP contribution in [-0.4, -0.2) is 56.0 Å². The highest BCUT2D eigenvalue weighted by molar-refractivity contribution is 6.30. The average molecular weight is 412 g/mol. The van der Waals surface area contributed by atoms with Crippen LogP contribution in [0.15, 0.2) is 48.5 Å². The summed E-state index contributed by atoms with van der Waals surface area (Å²) in [5.41, 5.74) is 1.41. The fourth-order valence-corrected chi connectivity index (χ4v) is 3.00. The number of ether oxygens (including phenoxy) is 1. The minimum absolute atomic E-state index is 0.0289. The molecule has 29 heavy (non-hydrogen) atoms. The quantitative estimate of drug-likeness (QED) is 0.449. The number of amides is 2. The first-order chi connectivity index (χ1) is 14.0. The zero-order valence-corrected chi connectivity index (χ0v) is 15.7. The van der Waals surface area contributed by atoms with E-state index in [-0.39, 0.29) is 19.7 Å². The summed E-state index contributed by atoms with van der Waals surface area (Å²) in [6.07, 6.45) is 0. The third kappa shape index (κ3) is 3.85. The van der Waals surface area contributed by atoms with Crippen LogP contribution in [0.3, 0.4) is 0 Å². The molecular weight excluding hydrogens is 398 g/mol. The Labute approximate surface area is 169 Å². The Morgan fingerprint density at radius 1 is 1.00 bits per heavy atom. The molecule has 0 atom stereocenters. The molecule has 2 amide bonds. The smallest absolute Gasteiger partial charge is 0.329 e. The summed E-state index contributed by atoms with van der Waals surface area (Å²) < 4.78 is 5.10. The van der Waals surface area contributed by atoms with E-state index >= 15 is 0 Å². The van der Waals surface area contributed by atoms with E-state index < -0.39 is 17.8 Å². The van der Waals surface area contributed by atoms with Crippen molar-refractivity contribution in [3.05, 3.63) is 64.7 Å². The first kappa shape index (κ1) is 18.8. The van der Waals surface area contributed by atoms with E-state index in [4.69, 9.17) is 16.3 Å². The number of nitrogens with zero attached hydrogens (tertiary/aromatic N) is 5. The Bertz CT molecular complexity index is 1060. The molecule has 0 aliphatic carbocycles. The first-order valence-electron chi connectivity index (χ1n) is 8.67. The third-order valence-corrected chi connectivity index (χ3v) is 4.53. The molecule has 0 unspecified atom stereocenters. The summed E-state index contributed by atoms with van der Waals surface area (Å²) in [5.74, 6) is -1.05. The van der Waals surface area contributed by atoms with Gasteiger partial charge in [-0.3, -0.25) is 14.5 Å². The molecule has 0 N–H and O–H groups in total. The van der Waals surface area contributed by atoms with Crippen molar-refractivity contribution in [2.24, 2.45) is 0 Å². The summed E-state index contributed by atoms with van der Waals surface area (Å²) in [7, 11) is 0. The number of aromatic nitrogens is 4. The lowest BCUT2D eigenvalue weighted by atomic mass is 10.1. The Morgan fingerprint density at radius 3 is 2.31 bits per heavy atom. The zero-order chi connectivity index (χ0) is 20.4. The molecule has 0 radical (unpaired) electrons. The molecule has 10 heteroatoms. The van der Waals surface area contributed by atoms with Crippen molar-refractivity contribution in [3.63, 3.8) is 0 Å². The first-order valence-corrected chi connectivity index (χ1v) is 9.05. The van der Waals surface area contributed by atoms with Gasteiger partial charge in [-0.1, -0.05) is 23.7 Å². The van der Waals surface area contributed by atoms with Crippen LogP contribution < -0.4 is 0 Å². The number of carbonyl (C=O) groups excluding carboxylic acids is 3. The molecule has 3 aromatic rings. The Balaban J connectivity index is 1.30. The number of rotatable bonds is 6. The van der Waals surface area contributed by atoms with Crippen molar-refractivity contribution in [3.8, 4) is 11.4 Å². The van der Waals surface area contributed by atoms with E-state index in [0.717, 1.165) is 9.70 Å². The number of imide groups is 1. The van der Waals surface area contributed by atoms with Gasteiger partial charge in [-0.25, -0.2) is 4.79 Å². The number of fused-ring (bicyclic) bond motifs is 1. The number of halogens is 1. The van der Waals surface area contributed by atoms with Crippen LogP contribution in [0.4, 0.5) is 0 Å². The average Bonchev–Trinajstić information content (AvgIpc) is 3.27. The summed E-state index contributed by atoms with van der Waals surface area (Å²) in [6, 6.07) is 13.4. The van der Waals surface area contributed by atoms with Gasteiger partial charge in [0, 0.05) is 10.6 Å². The van der Waals surface area contributed by atoms with Crippen molar-refractivity contribution in [1.82, 2.24) is 25.1 Å². The van der Waals surface area contributed by atoms with Crippen LogP contribution >= 0.6 is 11.6 Å². The molecule has 0 saturated carbocycles. The van der Waals surface area contributed by atoms with E-state index in [0.29, 0.717) is 27.5 Å². The van der Waals surface area contributed by atoms with Crippen molar-refractivity contribution in [1.29, 1.82) is 0 Å². The fraction of sp³-hybridized carbons (Fsp3) is 0.158. The SMILES string of the molecule is O=C(Cn1nnc(-c2ccc(Cl)cc2)n1)OCCN1C(=O)c2ccccc2C1=O. The molecule has 0 saturated heterocycles. The molecule has 146 valence electrons. The number of tetrazole rings is 1. The molecular formula is C19H14ClN5O4.